The number of carbonyl (C=O) groups is 3. The fraction of sp³-hybridized carbons (Fsp3) is 0.520. The van der Waals surface area contributed by atoms with Crippen LogP contribution in [0.15, 0.2) is 23.7 Å². The minimum atomic E-state index is -4.61. The molecule has 8 nitrogen and oxygen atoms in total. The normalized spacial score (nSPS) is 19.0. The Kier molecular flexibility index (Phi) is 8.33. The number of hydrogen-bond donors (Lipinski definition) is 3. The van der Waals surface area contributed by atoms with Crippen molar-refractivity contribution >= 4 is 29.1 Å². The summed E-state index contributed by atoms with van der Waals surface area (Å²) in [6, 6.07) is 1.91. The lowest BCUT2D eigenvalue weighted by Crippen LogP contribution is -2.57. The van der Waals surface area contributed by atoms with Crippen molar-refractivity contribution in [1.82, 2.24) is 20.5 Å². The first kappa shape index (κ1) is 28.6. The highest BCUT2D eigenvalue weighted by Crippen LogP contribution is 2.40. The maximum Gasteiger partial charge on any atom is 0.417 e. The van der Waals surface area contributed by atoms with E-state index in [0.717, 1.165) is 17.4 Å². The van der Waals surface area contributed by atoms with Gasteiger partial charge < -0.3 is 20.6 Å². The van der Waals surface area contributed by atoms with Crippen LogP contribution >= 0.6 is 11.3 Å². The van der Waals surface area contributed by atoms with Crippen LogP contribution in [0.4, 0.5) is 13.2 Å². The van der Waals surface area contributed by atoms with Crippen molar-refractivity contribution in [3.63, 3.8) is 0 Å². The average molecular weight is 541 g/mol. The summed E-state index contributed by atoms with van der Waals surface area (Å²) in [6.45, 7) is 7.93. The molecule has 202 valence electrons. The summed E-state index contributed by atoms with van der Waals surface area (Å²) in [5.41, 5.74) is 0.733. The predicted octanol–water partition coefficient (Wildman–Crippen LogP) is 3.27. The molecule has 3 amide bonds. The van der Waals surface area contributed by atoms with Crippen LogP contribution < -0.4 is 10.6 Å². The summed E-state index contributed by atoms with van der Waals surface area (Å²) in [5.74, 6) is -1.52. The van der Waals surface area contributed by atoms with Crippen LogP contribution in [0.3, 0.4) is 0 Å². The highest BCUT2D eigenvalue weighted by atomic mass is 32.1. The Morgan fingerprint density at radius 1 is 1.24 bits per heavy atom. The third-order valence-electron chi connectivity index (χ3n) is 6.17. The Bertz CT molecular complexity index is 1180. The van der Waals surface area contributed by atoms with Gasteiger partial charge in [0.05, 0.1) is 27.7 Å². The van der Waals surface area contributed by atoms with E-state index in [1.54, 1.807) is 27.7 Å². The summed E-state index contributed by atoms with van der Waals surface area (Å²) in [7, 11) is 0. The predicted molar refractivity (Wildman–Crippen MR) is 132 cm³/mol. The molecule has 12 heteroatoms. The van der Waals surface area contributed by atoms with Gasteiger partial charge in [0.25, 0.3) is 0 Å². The summed E-state index contributed by atoms with van der Waals surface area (Å²) in [4.78, 5) is 43.7. The van der Waals surface area contributed by atoms with Gasteiger partial charge in [0.1, 0.15) is 12.1 Å². The molecular weight excluding hydrogens is 509 g/mol. The number of carbonyl (C=O) groups excluding carboxylic acids is 3. The molecule has 2 aromatic rings. The van der Waals surface area contributed by atoms with E-state index in [1.807, 2.05) is 0 Å². The number of nitrogens with zero attached hydrogens (tertiary/aromatic N) is 2. The van der Waals surface area contributed by atoms with E-state index in [-0.39, 0.29) is 30.6 Å². The molecule has 1 aromatic carbocycles. The summed E-state index contributed by atoms with van der Waals surface area (Å²) < 4.78 is 41.5. The Labute approximate surface area is 217 Å². The van der Waals surface area contributed by atoms with Crippen molar-refractivity contribution in [3.05, 3.63) is 40.5 Å². The molecule has 1 saturated heterocycles. The van der Waals surface area contributed by atoms with Crippen molar-refractivity contribution < 1.29 is 32.7 Å². The van der Waals surface area contributed by atoms with Gasteiger partial charge in [-0.15, -0.1) is 11.3 Å². The summed E-state index contributed by atoms with van der Waals surface area (Å²) in [5, 5.41) is 15.4. The number of thiazole rings is 1. The van der Waals surface area contributed by atoms with Crippen molar-refractivity contribution in [2.75, 3.05) is 6.54 Å². The standard InChI is InChI=1S/C25H31F3N4O4S/c1-13-20(37-12-30-13)17-7-6-15(8-18(17)25(26,27)28)10-29-22(35)19-9-16(34)11-32(19)23(36)21(24(3,4)5)31-14(2)33/h6-8,12,16,19,21,34H,9-11H2,1-5H3,(H,29,35)(H,31,33)/t16-,19+,21-/m1/s1. The number of aryl methyl sites for hydroxylation is 1. The molecule has 0 bridgehead atoms. The van der Waals surface area contributed by atoms with E-state index in [1.165, 1.54) is 29.5 Å². The van der Waals surface area contributed by atoms with Gasteiger partial charge in [0, 0.05) is 32.0 Å². The van der Waals surface area contributed by atoms with E-state index in [0.29, 0.717) is 10.6 Å². The zero-order valence-electron chi connectivity index (χ0n) is 21.3. The monoisotopic (exact) mass is 540 g/mol. The van der Waals surface area contributed by atoms with E-state index < -0.39 is 53.1 Å². The second kappa shape index (κ2) is 10.8. The number of aliphatic hydroxyl groups excluding tert-OH is 1. The number of rotatable bonds is 6. The van der Waals surface area contributed by atoms with Gasteiger partial charge in [0.2, 0.25) is 17.7 Å². The number of halogens is 3. The van der Waals surface area contributed by atoms with Crippen LogP contribution in [-0.2, 0) is 27.1 Å². The molecule has 0 radical (unpaired) electrons. The van der Waals surface area contributed by atoms with E-state index in [2.05, 4.69) is 15.6 Å². The van der Waals surface area contributed by atoms with Gasteiger partial charge in [-0.3, -0.25) is 14.4 Å². The van der Waals surface area contributed by atoms with Crippen LogP contribution in [0.1, 0.15) is 50.9 Å². The Hall–Kier alpha value is -2.99. The van der Waals surface area contributed by atoms with Crippen LogP contribution in [0.5, 0.6) is 0 Å². The highest BCUT2D eigenvalue weighted by molar-refractivity contribution is 7.13. The number of β-amino-alcohol motifs (C(OH)–C–C–N with tert-alkyl or cyclic N) is 1. The van der Waals surface area contributed by atoms with Gasteiger partial charge in [-0.2, -0.15) is 13.2 Å². The number of likely N-dealkylation sites (tertiary alicyclic amines) is 1. The van der Waals surface area contributed by atoms with Gasteiger partial charge in [-0.1, -0.05) is 32.9 Å². The maximum atomic E-state index is 13.8. The van der Waals surface area contributed by atoms with Crippen molar-refractivity contribution in [2.24, 2.45) is 5.41 Å². The Balaban J connectivity index is 1.79. The molecule has 0 spiro atoms. The zero-order chi connectivity index (χ0) is 27.7. The van der Waals surface area contributed by atoms with Crippen molar-refractivity contribution in [3.8, 4) is 10.4 Å². The fourth-order valence-corrected chi connectivity index (χ4v) is 5.17. The smallest absolute Gasteiger partial charge is 0.391 e. The third-order valence-corrected chi connectivity index (χ3v) is 7.13. The van der Waals surface area contributed by atoms with Crippen LogP contribution in [-0.4, -0.2) is 57.4 Å². The number of alkyl halides is 3. The largest absolute Gasteiger partial charge is 0.417 e. The molecule has 2 heterocycles. The zero-order valence-corrected chi connectivity index (χ0v) is 22.1. The van der Waals surface area contributed by atoms with Crippen molar-refractivity contribution in [2.45, 2.75) is 71.9 Å². The van der Waals surface area contributed by atoms with Gasteiger partial charge in [0.15, 0.2) is 0 Å². The number of hydrogen-bond acceptors (Lipinski definition) is 6. The molecule has 1 aliphatic heterocycles. The van der Waals surface area contributed by atoms with Crippen LogP contribution in [0.25, 0.3) is 10.4 Å². The lowest BCUT2D eigenvalue weighted by molar-refractivity contribution is -0.143. The molecule has 3 atom stereocenters. The second-order valence-corrected chi connectivity index (χ2v) is 11.1. The molecule has 1 aliphatic rings. The topological polar surface area (TPSA) is 112 Å². The number of benzene rings is 1. The number of nitrogens with one attached hydrogen (secondary N) is 2. The quantitative estimate of drug-likeness (QED) is 0.521. The van der Waals surface area contributed by atoms with Crippen LogP contribution in [0, 0.1) is 12.3 Å². The van der Waals surface area contributed by atoms with Gasteiger partial charge in [-0.05, 0) is 24.0 Å². The van der Waals surface area contributed by atoms with Crippen LogP contribution in [0.2, 0.25) is 0 Å². The third kappa shape index (κ3) is 6.67. The average Bonchev–Trinajstić information content (AvgIpc) is 3.39. The maximum absolute atomic E-state index is 13.8. The number of amides is 3. The molecule has 0 unspecified atom stereocenters. The second-order valence-electron chi connectivity index (χ2n) is 10.3. The molecule has 37 heavy (non-hydrogen) atoms. The van der Waals surface area contributed by atoms with Gasteiger partial charge >= 0.3 is 6.18 Å². The first-order chi connectivity index (χ1) is 17.1. The molecule has 0 aliphatic carbocycles. The van der Waals surface area contributed by atoms with E-state index >= 15 is 0 Å². The Morgan fingerprint density at radius 3 is 2.46 bits per heavy atom. The fourth-order valence-electron chi connectivity index (χ4n) is 4.32. The first-order valence-electron chi connectivity index (χ1n) is 11.7. The van der Waals surface area contributed by atoms with E-state index in [4.69, 9.17) is 0 Å². The molecule has 1 fully saturated rings. The highest BCUT2D eigenvalue weighted by Gasteiger charge is 2.44. The molecular formula is C25H31F3N4O4S. The van der Waals surface area contributed by atoms with Gasteiger partial charge in [-0.25, -0.2) is 4.98 Å². The summed E-state index contributed by atoms with van der Waals surface area (Å²) >= 11 is 1.12. The number of aromatic nitrogens is 1. The molecule has 0 saturated carbocycles. The van der Waals surface area contributed by atoms with E-state index in [9.17, 15) is 32.7 Å². The minimum absolute atomic E-state index is 0.0180. The minimum Gasteiger partial charge on any atom is -0.391 e. The Morgan fingerprint density at radius 2 is 1.92 bits per heavy atom. The SMILES string of the molecule is CC(=O)N[C@H](C(=O)N1C[C@H](O)C[C@H]1C(=O)NCc1ccc(-c2scnc2C)c(C(F)(F)F)c1)C(C)(C)C. The lowest BCUT2D eigenvalue weighted by atomic mass is 9.85. The van der Waals surface area contributed by atoms with Crippen molar-refractivity contribution in [1.29, 1.82) is 0 Å². The molecule has 3 N–H and O–H groups in total. The number of aliphatic hydroxyl groups is 1. The summed E-state index contributed by atoms with van der Waals surface area (Å²) in [6.07, 6.45) is -5.58. The lowest BCUT2D eigenvalue weighted by Gasteiger charge is -2.35. The molecule has 1 aromatic heterocycles. The molecule has 3 rings (SSSR count). The first-order valence-corrected chi connectivity index (χ1v) is 12.6.